The van der Waals surface area contributed by atoms with Crippen molar-refractivity contribution in [2.45, 2.75) is 18.9 Å². The standard InChI is InChI=1S/C12H15NO3/c14-8-10(15)7-13-11-4-2-1-3-9(11)5-6-12(13)16/h1-4,10,14-15H,5-8H2/t10-/m0/s1. The summed E-state index contributed by atoms with van der Waals surface area (Å²) in [6.07, 6.45) is 0.339. The molecule has 0 spiro atoms. The molecule has 1 amide bonds. The van der Waals surface area contributed by atoms with Crippen LogP contribution in [0.3, 0.4) is 0 Å². The van der Waals surface area contributed by atoms with Crippen LogP contribution in [0.15, 0.2) is 24.3 Å². The van der Waals surface area contributed by atoms with Gasteiger partial charge in [-0.3, -0.25) is 4.79 Å². The molecule has 0 radical (unpaired) electrons. The molecule has 0 unspecified atom stereocenters. The SMILES string of the molecule is O=C1CCc2ccccc2N1C[C@H](O)CO. The fourth-order valence-corrected chi connectivity index (χ4v) is 1.97. The smallest absolute Gasteiger partial charge is 0.227 e. The number of aryl methyl sites for hydroxylation is 1. The van der Waals surface area contributed by atoms with Gasteiger partial charge in [0.1, 0.15) is 0 Å². The van der Waals surface area contributed by atoms with Crippen molar-refractivity contribution in [2.24, 2.45) is 0 Å². The Morgan fingerprint density at radius 2 is 2.06 bits per heavy atom. The molecular weight excluding hydrogens is 206 g/mol. The van der Waals surface area contributed by atoms with Crippen molar-refractivity contribution < 1.29 is 15.0 Å². The Bertz CT molecular complexity index is 392. The second-order valence-electron chi connectivity index (χ2n) is 3.97. The molecule has 4 nitrogen and oxygen atoms in total. The Kier molecular flexibility index (Phi) is 3.22. The number of hydrogen-bond donors (Lipinski definition) is 2. The summed E-state index contributed by atoms with van der Waals surface area (Å²) < 4.78 is 0. The summed E-state index contributed by atoms with van der Waals surface area (Å²) in [6, 6.07) is 7.67. The number of rotatable bonds is 3. The topological polar surface area (TPSA) is 60.8 Å². The Morgan fingerprint density at radius 3 is 2.81 bits per heavy atom. The number of amides is 1. The zero-order valence-electron chi connectivity index (χ0n) is 8.97. The van der Waals surface area contributed by atoms with Gasteiger partial charge in [0.05, 0.1) is 19.3 Å². The van der Waals surface area contributed by atoms with Crippen LogP contribution >= 0.6 is 0 Å². The van der Waals surface area contributed by atoms with E-state index < -0.39 is 6.10 Å². The molecule has 0 saturated carbocycles. The van der Waals surface area contributed by atoms with Crippen molar-refractivity contribution in [2.75, 3.05) is 18.1 Å². The Labute approximate surface area is 94.1 Å². The van der Waals surface area contributed by atoms with Crippen molar-refractivity contribution in [1.82, 2.24) is 0 Å². The maximum Gasteiger partial charge on any atom is 0.227 e. The van der Waals surface area contributed by atoms with Gasteiger partial charge in [0.15, 0.2) is 0 Å². The van der Waals surface area contributed by atoms with Gasteiger partial charge in [0, 0.05) is 12.1 Å². The quantitative estimate of drug-likeness (QED) is 0.772. The number of carbonyl (C=O) groups is 1. The zero-order valence-corrected chi connectivity index (χ0v) is 8.97. The Morgan fingerprint density at radius 1 is 1.31 bits per heavy atom. The van der Waals surface area contributed by atoms with E-state index in [9.17, 15) is 9.90 Å². The number of β-amino-alcohol motifs (C(OH)–C–C–N with tert-alkyl or cyclic N) is 1. The molecule has 1 aliphatic rings. The van der Waals surface area contributed by atoms with Crippen LogP contribution in [0.5, 0.6) is 0 Å². The van der Waals surface area contributed by atoms with Gasteiger partial charge in [-0.1, -0.05) is 18.2 Å². The summed E-state index contributed by atoms with van der Waals surface area (Å²) in [5, 5.41) is 18.2. The lowest BCUT2D eigenvalue weighted by Gasteiger charge is -2.30. The van der Waals surface area contributed by atoms with Crippen molar-refractivity contribution >= 4 is 11.6 Å². The van der Waals surface area contributed by atoms with Gasteiger partial charge >= 0.3 is 0 Å². The first-order valence-corrected chi connectivity index (χ1v) is 5.39. The number of para-hydroxylation sites is 1. The Hall–Kier alpha value is -1.39. The van der Waals surface area contributed by atoms with E-state index in [1.807, 2.05) is 24.3 Å². The monoisotopic (exact) mass is 221 g/mol. The molecular formula is C12H15NO3. The van der Waals surface area contributed by atoms with Crippen molar-refractivity contribution in [3.05, 3.63) is 29.8 Å². The van der Waals surface area contributed by atoms with E-state index in [-0.39, 0.29) is 19.1 Å². The molecule has 1 aliphatic heterocycles. The van der Waals surface area contributed by atoms with Gasteiger partial charge in [-0.05, 0) is 18.1 Å². The lowest BCUT2D eigenvalue weighted by atomic mass is 10.0. The van der Waals surface area contributed by atoms with E-state index in [4.69, 9.17) is 5.11 Å². The predicted molar refractivity (Wildman–Crippen MR) is 60.2 cm³/mol. The van der Waals surface area contributed by atoms with Crippen LogP contribution in [0.4, 0.5) is 5.69 Å². The maximum atomic E-state index is 11.7. The lowest BCUT2D eigenvalue weighted by molar-refractivity contribution is -0.119. The van der Waals surface area contributed by atoms with E-state index in [0.29, 0.717) is 6.42 Å². The number of fused-ring (bicyclic) bond motifs is 1. The van der Waals surface area contributed by atoms with Crippen LogP contribution in [-0.4, -0.2) is 35.4 Å². The number of aliphatic hydroxyl groups is 2. The summed E-state index contributed by atoms with van der Waals surface area (Å²) in [5.74, 6) is 0.00574. The first-order chi connectivity index (χ1) is 7.72. The molecule has 0 bridgehead atoms. The number of hydrogen-bond acceptors (Lipinski definition) is 3. The number of aliphatic hydroxyl groups excluding tert-OH is 2. The van der Waals surface area contributed by atoms with Gasteiger partial charge in [-0.15, -0.1) is 0 Å². The molecule has 0 saturated heterocycles. The molecule has 1 aromatic carbocycles. The second-order valence-corrected chi connectivity index (χ2v) is 3.97. The average Bonchev–Trinajstić information content (AvgIpc) is 2.32. The van der Waals surface area contributed by atoms with Gasteiger partial charge in [0.25, 0.3) is 0 Å². The van der Waals surface area contributed by atoms with Crippen molar-refractivity contribution in [1.29, 1.82) is 0 Å². The highest BCUT2D eigenvalue weighted by Crippen LogP contribution is 2.27. The largest absolute Gasteiger partial charge is 0.394 e. The third-order valence-corrected chi connectivity index (χ3v) is 2.80. The molecule has 16 heavy (non-hydrogen) atoms. The first-order valence-electron chi connectivity index (χ1n) is 5.39. The molecule has 0 fully saturated rings. The lowest BCUT2D eigenvalue weighted by Crippen LogP contribution is -2.41. The van der Waals surface area contributed by atoms with Crippen LogP contribution < -0.4 is 4.90 Å². The van der Waals surface area contributed by atoms with E-state index in [2.05, 4.69) is 0 Å². The summed E-state index contributed by atoms with van der Waals surface area (Å²) in [4.78, 5) is 13.3. The Balaban J connectivity index is 2.26. The van der Waals surface area contributed by atoms with E-state index in [0.717, 1.165) is 17.7 Å². The molecule has 86 valence electrons. The van der Waals surface area contributed by atoms with Crippen molar-refractivity contribution in [3.8, 4) is 0 Å². The number of anilines is 1. The average molecular weight is 221 g/mol. The van der Waals surface area contributed by atoms with Gasteiger partial charge in [-0.2, -0.15) is 0 Å². The third-order valence-electron chi connectivity index (χ3n) is 2.80. The maximum absolute atomic E-state index is 11.7. The van der Waals surface area contributed by atoms with Gasteiger partial charge in [0.2, 0.25) is 5.91 Å². The number of carbonyl (C=O) groups excluding carboxylic acids is 1. The predicted octanol–water partition coefficient (Wildman–Crippen LogP) is 0.319. The van der Waals surface area contributed by atoms with Crippen molar-refractivity contribution in [3.63, 3.8) is 0 Å². The summed E-state index contributed by atoms with van der Waals surface area (Å²) in [5.41, 5.74) is 1.97. The highest BCUT2D eigenvalue weighted by atomic mass is 16.3. The van der Waals surface area contributed by atoms with Crippen LogP contribution in [-0.2, 0) is 11.2 Å². The normalized spacial score (nSPS) is 17.1. The molecule has 1 heterocycles. The van der Waals surface area contributed by atoms with Crippen LogP contribution in [0.25, 0.3) is 0 Å². The first kappa shape index (κ1) is 11.1. The highest BCUT2D eigenvalue weighted by molar-refractivity contribution is 5.96. The van der Waals surface area contributed by atoms with Crippen LogP contribution in [0, 0.1) is 0 Å². The van der Waals surface area contributed by atoms with Crippen LogP contribution in [0.1, 0.15) is 12.0 Å². The van der Waals surface area contributed by atoms with Gasteiger partial charge in [-0.25, -0.2) is 0 Å². The summed E-state index contributed by atoms with van der Waals surface area (Å²) in [6.45, 7) is -0.168. The molecule has 4 heteroatoms. The summed E-state index contributed by atoms with van der Waals surface area (Å²) in [7, 11) is 0. The van der Waals surface area contributed by atoms with Crippen LogP contribution in [0.2, 0.25) is 0 Å². The molecule has 1 atom stereocenters. The fourth-order valence-electron chi connectivity index (χ4n) is 1.97. The molecule has 0 aliphatic carbocycles. The minimum absolute atomic E-state index is 0.00574. The summed E-state index contributed by atoms with van der Waals surface area (Å²) >= 11 is 0. The minimum atomic E-state index is -0.880. The molecule has 2 N–H and O–H groups in total. The highest BCUT2D eigenvalue weighted by Gasteiger charge is 2.25. The van der Waals surface area contributed by atoms with E-state index in [1.165, 1.54) is 0 Å². The molecule has 0 aromatic heterocycles. The fraction of sp³-hybridized carbons (Fsp3) is 0.417. The second kappa shape index (κ2) is 4.63. The minimum Gasteiger partial charge on any atom is -0.394 e. The third kappa shape index (κ3) is 2.08. The van der Waals surface area contributed by atoms with E-state index >= 15 is 0 Å². The van der Waals surface area contributed by atoms with E-state index in [1.54, 1.807) is 4.90 Å². The zero-order chi connectivity index (χ0) is 11.5. The number of benzene rings is 1. The molecule has 2 rings (SSSR count). The van der Waals surface area contributed by atoms with Gasteiger partial charge < -0.3 is 15.1 Å². The number of nitrogens with zero attached hydrogens (tertiary/aromatic N) is 1. The molecule has 1 aromatic rings.